The number of hydrogen-bond acceptors (Lipinski definition) is 4. The minimum Gasteiger partial charge on any atom is -0.316 e. The third-order valence-electron chi connectivity index (χ3n) is 3.41. The molecule has 3 nitrogen and oxygen atoms in total. The van der Waals surface area contributed by atoms with Crippen LogP contribution in [0, 0.1) is 0 Å². The largest absolute Gasteiger partial charge is 0.316 e. The molecule has 2 aromatic rings. The summed E-state index contributed by atoms with van der Waals surface area (Å²) >= 11 is 1.70. The predicted molar refractivity (Wildman–Crippen MR) is 90.9 cm³/mol. The first-order valence-electron chi connectivity index (χ1n) is 7.64. The summed E-state index contributed by atoms with van der Waals surface area (Å²) in [4.78, 5) is 0. The second-order valence-corrected chi connectivity index (χ2v) is 7.39. The van der Waals surface area contributed by atoms with Crippen molar-refractivity contribution in [2.75, 3.05) is 13.1 Å². The third-order valence-corrected chi connectivity index (χ3v) is 4.44. The van der Waals surface area contributed by atoms with Gasteiger partial charge < -0.3 is 5.32 Å². The maximum Gasteiger partial charge on any atom is 0.147 e. The zero-order valence-electron chi connectivity index (χ0n) is 13.4. The lowest BCUT2D eigenvalue weighted by Crippen LogP contribution is -2.17. The summed E-state index contributed by atoms with van der Waals surface area (Å²) in [7, 11) is 0. The Morgan fingerprint density at radius 2 is 1.76 bits per heavy atom. The van der Waals surface area contributed by atoms with Gasteiger partial charge in [0.05, 0.1) is 0 Å². The second-order valence-electron chi connectivity index (χ2n) is 6.33. The van der Waals surface area contributed by atoms with Crippen molar-refractivity contribution in [1.29, 1.82) is 0 Å². The smallest absolute Gasteiger partial charge is 0.147 e. The Bertz CT molecular complexity index is 552. The molecule has 0 aliphatic carbocycles. The molecule has 0 spiro atoms. The van der Waals surface area contributed by atoms with Gasteiger partial charge in [0.25, 0.3) is 0 Å². The van der Waals surface area contributed by atoms with Crippen molar-refractivity contribution < 1.29 is 0 Å². The highest BCUT2D eigenvalue weighted by molar-refractivity contribution is 7.14. The molecule has 2 rings (SSSR count). The van der Waals surface area contributed by atoms with E-state index in [1.807, 2.05) is 0 Å². The van der Waals surface area contributed by atoms with E-state index in [2.05, 4.69) is 67.5 Å². The summed E-state index contributed by atoms with van der Waals surface area (Å²) in [5.41, 5.74) is 2.70. The molecular formula is C17H25N3S. The van der Waals surface area contributed by atoms with E-state index >= 15 is 0 Å². The first-order valence-corrected chi connectivity index (χ1v) is 8.46. The number of hydrogen-bond donors (Lipinski definition) is 1. The highest BCUT2D eigenvalue weighted by Crippen LogP contribution is 2.27. The number of benzene rings is 1. The van der Waals surface area contributed by atoms with E-state index in [4.69, 9.17) is 0 Å². The van der Waals surface area contributed by atoms with Gasteiger partial charge in [-0.15, -0.1) is 10.2 Å². The van der Waals surface area contributed by atoms with Crippen LogP contribution < -0.4 is 5.32 Å². The standard InChI is InChI=1S/C17H25N3S/c1-5-11-18-12-10-15-19-20-16(21-15)13-6-8-14(9-7-13)17(2,3)4/h6-9,18H,5,10-12H2,1-4H3. The van der Waals surface area contributed by atoms with Crippen molar-refractivity contribution in [3.63, 3.8) is 0 Å². The molecule has 0 atom stereocenters. The molecule has 0 unspecified atom stereocenters. The molecule has 1 aromatic heterocycles. The topological polar surface area (TPSA) is 37.8 Å². The lowest BCUT2D eigenvalue weighted by atomic mass is 9.87. The first-order chi connectivity index (χ1) is 10.0. The first kappa shape index (κ1) is 16.1. The lowest BCUT2D eigenvalue weighted by Gasteiger charge is -2.18. The van der Waals surface area contributed by atoms with Gasteiger partial charge in [-0.05, 0) is 23.9 Å². The Kier molecular flexibility index (Phi) is 5.48. The second kappa shape index (κ2) is 7.14. The highest BCUT2D eigenvalue weighted by atomic mass is 32.1. The van der Waals surface area contributed by atoms with Gasteiger partial charge in [-0.1, -0.05) is 63.3 Å². The summed E-state index contributed by atoms with van der Waals surface area (Å²) in [5, 5.41) is 14.1. The molecule has 0 aliphatic rings. The normalized spacial score (nSPS) is 11.8. The van der Waals surface area contributed by atoms with Gasteiger partial charge >= 0.3 is 0 Å². The van der Waals surface area contributed by atoms with Crippen molar-refractivity contribution in [2.45, 2.75) is 46.0 Å². The summed E-state index contributed by atoms with van der Waals surface area (Å²) < 4.78 is 0. The zero-order valence-corrected chi connectivity index (χ0v) is 14.3. The Balaban J connectivity index is 2.00. The van der Waals surface area contributed by atoms with Crippen molar-refractivity contribution >= 4 is 11.3 Å². The van der Waals surface area contributed by atoms with E-state index < -0.39 is 0 Å². The fourth-order valence-corrected chi connectivity index (χ4v) is 2.93. The predicted octanol–water partition coefficient (Wildman–Crippen LogP) is 4.04. The highest BCUT2D eigenvalue weighted by Gasteiger charge is 2.14. The van der Waals surface area contributed by atoms with Gasteiger partial charge in [-0.25, -0.2) is 0 Å². The molecule has 0 aliphatic heterocycles. The molecule has 114 valence electrons. The van der Waals surface area contributed by atoms with Gasteiger partial charge in [-0.2, -0.15) is 0 Å². The maximum absolute atomic E-state index is 4.32. The molecule has 21 heavy (non-hydrogen) atoms. The van der Waals surface area contributed by atoms with E-state index in [0.29, 0.717) is 0 Å². The monoisotopic (exact) mass is 303 g/mol. The van der Waals surface area contributed by atoms with Crippen LogP contribution in [0.5, 0.6) is 0 Å². The Hall–Kier alpha value is -1.26. The molecule has 0 amide bonds. The molecular weight excluding hydrogens is 278 g/mol. The zero-order chi connectivity index (χ0) is 15.3. The quantitative estimate of drug-likeness (QED) is 0.818. The SMILES string of the molecule is CCCNCCc1nnc(-c2ccc(C(C)(C)C)cc2)s1. The molecule has 0 fully saturated rings. The van der Waals surface area contributed by atoms with E-state index in [0.717, 1.165) is 35.1 Å². The molecule has 4 heteroatoms. The number of nitrogens with one attached hydrogen (secondary N) is 1. The molecule has 0 saturated heterocycles. The number of rotatable bonds is 6. The van der Waals surface area contributed by atoms with Crippen LogP contribution in [0.2, 0.25) is 0 Å². The fraction of sp³-hybridized carbons (Fsp3) is 0.529. The summed E-state index contributed by atoms with van der Waals surface area (Å²) in [6, 6.07) is 8.69. The fourth-order valence-electron chi connectivity index (χ4n) is 2.08. The molecule has 0 bridgehead atoms. The van der Waals surface area contributed by atoms with Crippen LogP contribution in [0.25, 0.3) is 10.6 Å². The van der Waals surface area contributed by atoms with Gasteiger partial charge in [0.15, 0.2) is 0 Å². The maximum atomic E-state index is 4.32. The van der Waals surface area contributed by atoms with Crippen LogP contribution in [-0.4, -0.2) is 23.3 Å². The van der Waals surface area contributed by atoms with Crippen molar-refractivity contribution in [3.05, 3.63) is 34.8 Å². The van der Waals surface area contributed by atoms with Crippen LogP contribution in [-0.2, 0) is 11.8 Å². The Morgan fingerprint density at radius 3 is 2.38 bits per heavy atom. The van der Waals surface area contributed by atoms with Crippen LogP contribution in [0.3, 0.4) is 0 Å². The van der Waals surface area contributed by atoms with Crippen molar-refractivity contribution in [2.24, 2.45) is 0 Å². The van der Waals surface area contributed by atoms with Crippen molar-refractivity contribution in [3.8, 4) is 10.6 Å². The van der Waals surface area contributed by atoms with Gasteiger partial charge in [-0.3, -0.25) is 0 Å². The van der Waals surface area contributed by atoms with Gasteiger partial charge in [0, 0.05) is 18.5 Å². The third kappa shape index (κ3) is 4.61. The van der Waals surface area contributed by atoms with E-state index in [9.17, 15) is 0 Å². The van der Waals surface area contributed by atoms with Gasteiger partial charge in [0.1, 0.15) is 10.0 Å². The number of nitrogens with zero attached hydrogens (tertiary/aromatic N) is 2. The van der Waals surface area contributed by atoms with Crippen LogP contribution in [0.15, 0.2) is 24.3 Å². The average Bonchev–Trinajstić information content (AvgIpc) is 2.92. The van der Waals surface area contributed by atoms with E-state index in [-0.39, 0.29) is 5.41 Å². The van der Waals surface area contributed by atoms with Crippen LogP contribution >= 0.6 is 11.3 Å². The summed E-state index contributed by atoms with van der Waals surface area (Å²) in [6.07, 6.45) is 2.12. The van der Waals surface area contributed by atoms with Crippen molar-refractivity contribution in [1.82, 2.24) is 15.5 Å². The van der Waals surface area contributed by atoms with E-state index in [1.54, 1.807) is 11.3 Å². The number of aromatic nitrogens is 2. The molecule has 1 N–H and O–H groups in total. The molecule has 0 radical (unpaired) electrons. The molecule has 1 aromatic carbocycles. The Labute approximate surface area is 131 Å². The minimum absolute atomic E-state index is 0.190. The average molecular weight is 303 g/mol. The summed E-state index contributed by atoms with van der Waals surface area (Å²) in [6.45, 7) is 10.9. The molecule has 1 heterocycles. The van der Waals surface area contributed by atoms with Crippen LogP contribution in [0.4, 0.5) is 0 Å². The summed E-state index contributed by atoms with van der Waals surface area (Å²) in [5.74, 6) is 0. The minimum atomic E-state index is 0.190. The Morgan fingerprint density at radius 1 is 1.05 bits per heavy atom. The lowest BCUT2D eigenvalue weighted by molar-refractivity contribution is 0.590. The van der Waals surface area contributed by atoms with Gasteiger partial charge in [0.2, 0.25) is 0 Å². The molecule has 0 saturated carbocycles. The van der Waals surface area contributed by atoms with Crippen LogP contribution in [0.1, 0.15) is 44.7 Å². The van der Waals surface area contributed by atoms with E-state index in [1.165, 1.54) is 12.0 Å².